The summed E-state index contributed by atoms with van der Waals surface area (Å²) in [5.74, 6) is -3.59. The average molecular weight is 492 g/mol. The van der Waals surface area contributed by atoms with Gasteiger partial charge < -0.3 is 9.84 Å². The fraction of sp³-hybridized carbons (Fsp3) is 0.235. The lowest BCUT2D eigenvalue weighted by atomic mass is 9.75. The van der Waals surface area contributed by atoms with Gasteiger partial charge in [-0.05, 0) is 56.5 Å². The number of aliphatic imine (C=N–C) groups is 1. The Bertz CT molecular complexity index is 813. The lowest BCUT2D eigenvalue weighted by Gasteiger charge is -2.30. The highest BCUT2D eigenvalue weighted by atomic mass is 79.9. The van der Waals surface area contributed by atoms with Crippen LogP contribution in [0.4, 0.5) is 0 Å². The van der Waals surface area contributed by atoms with Crippen molar-refractivity contribution >= 4 is 61.1 Å². The van der Waals surface area contributed by atoms with Crippen molar-refractivity contribution in [1.82, 2.24) is 0 Å². The number of methoxy groups -OCH3 is 1. The number of halogens is 3. The Kier molecular flexibility index (Phi) is 6.59. The number of nitrogens with zero attached hydrogens (tertiary/aromatic N) is 1. The summed E-state index contributed by atoms with van der Waals surface area (Å²) >= 11 is 12.8. The van der Waals surface area contributed by atoms with Gasteiger partial charge in [0.15, 0.2) is 0 Å². The van der Waals surface area contributed by atoms with Crippen LogP contribution in [-0.4, -0.2) is 29.9 Å². The van der Waals surface area contributed by atoms with Gasteiger partial charge in [0.05, 0.1) is 21.8 Å². The fourth-order valence-corrected chi connectivity index (χ4v) is 3.51. The highest BCUT2D eigenvalue weighted by molar-refractivity contribution is 9.28. The Morgan fingerprint density at radius 1 is 1.32 bits per heavy atom. The van der Waals surface area contributed by atoms with Crippen molar-refractivity contribution in [2.45, 2.75) is 12.8 Å². The number of carbonyl (C=O) groups excluding carboxylic acids is 1. The number of esters is 1. The zero-order valence-corrected chi connectivity index (χ0v) is 17.2. The van der Waals surface area contributed by atoms with E-state index in [2.05, 4.69) is 36.9 Å². The van der Waals surface area contributed by atoms with Crippen LogP contribution in [0.5, 0.6) is 0 Å². The number of allylic oxidation sites excluding steroid dienone is 1. The van der Waals surface area contributed by atoms with Crippen LogP contribution >= 0.6 is 43.5 Å². The van der Waals surface area contributed by atoms with Gasteiger partial charge in [-0.2, -0.15) is 0 Å². The van der Waals surface area contributed by atoms with Crippen LogP contribution in [0.1, 0.15) is 18.4 Å². The SMILES string of the molecule is COC(=O)C1=C(C=C(Br)Br)N=C(C)C(C(=O)O)C1c1ccccc1Cl. The molecule has 2 atom stereocenters. The molecule has 0 bridgehead atoms. The molecule has 1 aliphatic rings. The molecule has 0 amide bonds. The topological polar surface area (TPSA) is 76.0 Å². The highest BCUT2D eigenvalue weighted by Gasteiger charge is 2.42. The Labute approximate surface area is 166 Å². The maximum absolute atomic E-state index is 12.5. The van der Waals surface area contributed by atoms with E-state index in [1.54, 1.807) is 37.3 Å². The van der Waals surface area contributed by atoms with Gasteiger partial charge >= 0.3 is 11.9 Å². The molecule has 0 saturated heterocycles. The maximum Gasteiger partial charge on any atom is 0.336 e. The fourth-order valence-electron chi connectivity index (χ4n) is 2.83. The number of carboxylic acid groups (broad SMARTS) is 1. The van der Waals surface area contributed by atoms with Crippen molar-refractivity contribution in [1.29, 1.82) is 0 Å². The smallest absolute Gasteiger partial charge is 0.336 e. The van der Waals surface area contributed by atoms with Crippen LogP contribution in [0.25, 0.3) is 0 Å². The number of rotatable bonds is 4. The van der Waals surface area contributed by atoms with Crippen LogP contribution in [-0.2, 0) is 14.3 Å². The molecule has 0 aliphatic carbocycles. The van der Waals surface area contributed by atoms with Gasteiger partial charge in [-0.15, -0.1) is 0 Å². The molecule has 2 unspecified atom stereocenters. The lowest BCUT2D eigenvalue weighted by molar-refractivity contribution is -0.140. The average Bonchev–Trinajstić information content (AvgIpc) is 2.53. The normalized spacial score (nSPS) is 20.0. The van der Waals surface area contributed by atoms with E-state index < -0.39 is 23.8 Å². The van der Waals surface area contributed by atoms with Crippen LogP contribution in [0, 0.1) is 5.92 Å². The van der Waals surface area contributed by atoms with Crippen LogP contribution in [0.2, 0.25) is 5.02 Å². The highest BCUT2D eigenvalue weighted by Crippen LogP contribution is 2.42. The largest absolute Gasteiger partial charge is 0.481 e. The van der Waals surface area contributed by atoms with E-state index in [1.165, 1.54) is 7.11 Å². The molecule has 0 aromatic heterocycles. The van der Waals surface area contributed by atoms with Crippen molar-refractivity contribution in [3.8, 4) is 0 Å². The molecule has 1 aliphatic heterocycles. The molecule has 0 saturated carbocycles. The Balaban J connectivity index is 2.83. The molecule has 0 fully saturated rings. The van der Waals surface area contributed by atoms with E-state index in [4.69, 9.17) is 16.3 Å². The minimum Gasteiger partial charge on any atom is -0.481 e. The standard InChI is InChI=1S/C17H14Br2ClNO4/c1-8-13(16(22)23)14(9-5-3-4-6-10(9)20)15(17(24)25-2)11(21-8)7-12(18)19/h3-7,13-14H,1-2H3,(H,22,23). The third-order valence-corrected chi connectivity index (χ3v) is 4.63. The van der Waals surface area contributed by atoms with Crippen molar-refractivity contribution in [2.24, 2.45) is 10.9 Å². The second-order valence-corrected chi connectivity index (χ2v) is 8.47. The first kappa shape index (κ1) is 19.9. The lowest BCUT2D eigenvalue weighted by Crippen LogP contribution is -2.35. The molecule has 0 radical (unpaired) electrons. The zero-order chi connectivity index (χ0) is 18.7. The van der Waals surface area contributed by atoms with Crippen LogP contribution in [0.15, 0.2) is 50.0 Å². The summed E-state index contributed by atoms with van der Waals surface area (Å²) in [7, 11) is 1.24. The molecule has 2 rings (SSSR count). The number of aliphatic carboxylic acids is 1. The molecular formula is C17H14Br2ClNO4. The summed E-state index contributed by atoms with van der Waals surface area (Å²) < 4.78 is 5.45. The van der Waals surface area contributed by atoms with Crippen molar-refractivity contribution in [2.75, 3.05) is 7.11 Å². The first-order valence-electron chi connectivity index (χ1n) is 7.15. The van der Waals surface area contributed by atoms with E-state index in [-0.39, 0.29) is 5.57 Å². The maximum atomic E-state index is 12.5. The number of carboxylic acids is 1. The predicted molar refractivity (Wildman–Crippen MR) is 103 cm³/mol. The first-order valence-corrected chi connectivity index (χ1v) is 9.12. The van der Waals surface area contributed by atoms with E-state index in [0.29, 0.717) is 25.4 Å². The van der Waals surface area contributed by atoms with E-state index in [1.807, 2.05) is 0 Å². The van der Waals surface area contributed by atoms with Crippen LogP contribution in [0.3, 0.4) is 0 Å². The second kappa shape index (κ2) is 8.29. The first-order chi connectivity index (χ1) is 11.8. The molecule has 132 valence electrons. The second-order valence-electron chi connectivity index (χ2n) is 5.29. The summed E-state index contributed by atoms with van der Waals surface area (Å²) in [5.41, 5.74) is 1.36. The predicted octanol–water partition coefficient (Wildman–Crippen LogP) is 4.66. The summed E-state index contributed by atoms with van der Waals surface area (Å²) in [6.45, 7) is 1.62. The molecule has 8 heteroatoms. The summed E-state index contributed by atoms with van der Waals surface area (Å²) in [4.78, 5) is 28.7. The molecular weight excluding hydrogens is 477 g/mol. The minimum atomic E-state index is -1.09. The van der Waals surface area contributed by atoms with Crippen molar-refractivity contribution in [3.05, 3.63) is 55.6 Å². The van der Waals surface area contributed by atoms with Crippen molar-refractivity contribution < 1.29 is 19.4 Å². The van der Waals surface area contributed by atoms with Gasteiger partial charge in [-0.1, -0.05) is 29.8 Å². The monoisotopic (exact) mass is 489 g/mol. The van der Waals surface area contributed by atoms with E-state index in [0.717, 1.165) is 0 Å². The van der Waals surface area contributed by atoms with Gasteiger partial charge in [0.1, 0.15) is 5.92 Å². The van der Waals surface area contributed by atoms with Gasteiger partial charge in [-0.3, -0.25) is 9.79 Å². The third-order valence-electron chi connectivity index (χ3n) is 3.82. The summed E-state index contributed by atoms with van der Waals surface area (Å²) in [6, 6.07) is 6.84. The van der Waals surface area contributed by atoms with Crippen molar-refractivity contribution in [3.63, 3.8) is 0 Å². The van der Waals surface area contributed by atoms with Gasteiger partial charge in [-0.25, -0.2) is 4.79 Å². The molecule has 0 spiro atoms. The Morgan fingerprint density at radius 2 is 1.96 bits per heavy atom. The number of hydrogen-bond donors (Lipinski definition) is 1. The molecule has 1 N–H and O–H groups in total. The van der Waals surface area contributed by atoms with Gasteiger partial charge in [0, 0.05) is 16.7 Å². The number of ether oxygens (including phenoxy) is 1. The minimum absolute atomic E-state index is 0.144. The molecule has 25 heavy (non-hydrogen) atoms. The molecule has 1 aromatic carbocycles. The summed E-state index contributed by atoms with van der Waals surface area (Å²) in [6.07, 6.45) is 1.58. The van der Waals surface area contributed by atoms with Gasteiger partial charge in [0.25, 0.3) is 0 Å². The Hall–Kier alpha value is -1.44. The summed E-state index contributed by atoms with van der Waals surface area (Å²) in [5, 5.41) is 10.1. The molecule has 5 nitrogen and oxygen atoms in total. The van der Waals surface area contributed by atoms with Crippen LogP contribution < -0.4 is 0 Å². The molecule has 1 heterocycles. The number of carbonyl (C=O) groups is 2. The zero-order valence-electron chi connectivity index (χ0n) is 13.3. The third kappa shape index (κ3) is 4.22. The van der Waals surface area contributed by atoms with Gasteiger partial charge in [0.2, 0.25) is 0 Å². The molecule has 1 aromatic rings. The Morgan fingerprint density at radius 3 is 2.48 bits per heavy atom. The van der Waals surface area contributed by atoms with E-state index in [9.17, 15) is 14.7 Å². The van der Waals surface area contributed by atoms with E-state index >= 15 is 0 Å². The number of benzene rings is 1. The number of hydrogen-bond acceptors (Lipinski definition) is 4. The quantitative estimate of drug-likeness (QED) is 0.622.